The number of aliphatic hydroxyl groups excluding tert-OH is 1. The number of benzene rings is 1. The van der Waals surface area contributed by atoms with Crippen molar-refractivity contribution in [1.82, 2.24) is 0 Å². The first kappa shape index (κ1) is 12.4. The average molecular weight is 254 g/mol. The molecular formula is C13H16ClNO2. The van der Waals surface area contributed by atoms with Gasteiger partial charge in [-0.1, -0.05) is 24.6 Å². The van der Waals surface area contributed by atoms with Crippen molar-refractivity contribution in [2.45, 2.75) is 19.4 Å². The molecule has 0 amide bonds. The Bertz CT molecular complexity index is 422. The van der Waals surface area contributed by atoms with Crippen LogP contribution in [0.1, 0.15) is 23.7 Å². The second kappa shape index (κ2) is 5.07. The topological polar surface area (TPSA) is 40.5 Å². The van der Waals surface area contributed by atoms with E-state index in [1.54, 1.807) is 6.07 Å². The Kier molecular flexibility index (Phi) is 3.69. The van der Waals surface area contributed by atoms with Gasteiger partial charge in [-0.25, -0.2) is 0 Å². The molecule has 92 valence electrons. The van der Waals surface area contributed by atoms with Crippen LogP contribution in [0.15, 0.2) is 18.2 Å². The van der Waals surface area contributed by atoms with Gasteiger partial charge in [0.15, 0.2) is 6.29 Å². The van der Waals surface area contributed by atoms with Gasteiger partial charge in [-0.2, -0.15) is 0 Å². The summed E-state index contributed by atoms with van der Waals surface area (Å²) < 4.78 is 0. The Hall–Kier alpha value is -1.06. The molecule has 3 nitrogen and oxygen atoms in total. The zero-order chi connectivity index (χ0) is 12.4. The molecular weight excluding hydrogens is 238 g/mol. The van der Waals surface area contributed by atoms with Crippen molar-refractivity contribution in [2.75, 3.05) is 18.0 Å². The molecule has 0 aromatic heterocycles. The number of anilines is 1. The molecule has 1 fully saturated rings. The van der Waals surface area contributed by atoms with Crippen molar-refractivity contribution in [3.8, 4) is 0 Å². The van der Waals surface area contributed by atoms with Crippen LogP contribution in [-0.2, 0) is 0 Å². The fourth-order valence-corrected chi connectivity index (χ4v) is 2.48. The maximum absolute atomic E-state index is 11.1. The minimum atomic E-state index is -0.245. The van der Waals surface area contributed by atoms with Crippen LogP contribution in [0, 0.1) is 5.92 Å². The molecule has 1 heterocycles. The van der Waals surface area contributed by atoms with Crippen molar-refractivity contribution in [3.63, 3.8) is 0 Å². The Morgan fingerprint density at radius 2 is 2.29 bits per heavy atom. The summed E-state index contributed by atoms with van der Waals surface area (Å²) in [6, 6.07) is 5.47. The van der Waals surface area contributed by atoms with E-state index in [2.05, 4.69) is 4.90 Å². The highest BCUT2D eigenvalue weighted by atomic mass is 35.5. The van der Waals surface area contributed by atoms with Crippen molar-refractivity contribution >= 4 is 23.6 Å². The number of aldehydes is 1. The van der Waals surface area contributed by atoms with Crippen molar-refractivity contribution < 1.29 is 9.90 Å². The largest absolute Gasteiger partial charge is 0.393 e. The second-order valence-corrected chi connectivity index (χ2v) is 4.98. The van der Waals surface area contributed by atoms with E-state index in [9.17, 15) is 9.90 Å². The van der Waals surface area contributed by atoms with Crippen molar-refractivity contribution in [3.05, 3.63) is 28.8 Å². The van der Waals surface area contributed by atoms with Gasteiger partial charge in [0, 0.05) is 18.8 Å². The molecule has 1 saturated heterocycles. The van der Waals surface area contributed by atoms with Crippen LogP contribution >= 0.6 is 11.6 Å². The van der Waals surface area contributed by atoms with E-state index in [-0.39, 0.29) is 12.0 Å². The molecule has 4 heteroatoms. The molecule has 0 aliphatic carbocycles. The first-order valence-corrected chi connectivity index (χ1v) is 6.18. The van der Waals surface area contributed by atoms with Crippen LogP contribution in [-0.4, -0.2) is 30.6 Å². The van der Waals surface area contributed by atoms with Crippen LogP contribution in [0.3, 0.4) is 0 Å². The van der Waals surface area contributed by atoms with Crippen LogP contribution in [0.4, 0.5) is 5.69 Å². The Labute approximate surface area is 106 Å². The van der Waals surface area contributed by atoms with E-state index in [4.69, 9.17) is 11.6 Å². The smallest absolute Gasteiger partial charge is 0.153 e. The molecule has 0 spiro atoms. The molecule has 0 bridgehead atoms. The van der Waals surface area contributed by atoms with E-state index >= 15 is 0 Å². The maximum Gasteiger partial charge on any atom is 0.153 e. The number of hydrogen-bond acceptors (Lipinski definition) is 3. The van der Waals surface area contributed by atoms with E-state index in [1.807, 2.05) is 19.1 Å². The van der Waals surface area contributed by atoms with Gasteiger partial charge >= 0.3 is 0 Å². The van der Waals surface area contributed by atoms with Gasteiger partial charge < -0.3 is 10.0 Å². The zero-order valence-corrected chi connectivity index (χ0v) is 10.5. The van der Waals surface area contributed by atoms with Gasteiger partial charge in [0.2, 0.25) is 0 Å². The SMILES string of the molecule is CC1CN(c2cccc(Cl)c2C=O)CCC1O. The van der Waals surface area contributed by atoms with Gasteiger partial charge in [-0.3, -0.25) is 4.79 Å². The third kappa shape index (κ3) is 2.45. The first-order chi connectivity index (χ1) is 8.13. The van der Waals surface area contributed by atoms with Gasteiger partial charge in [0.05, 0.1) is 16.7 Å². The number of nitrogens with zero attached hydrogens (tertiary/aromatic N) is 1. The highest BCUT2D eigenvalue weighted by molar-refractivity contribution is 6.33. The lowest BCUT2D eigenvalue weighted by atomic mass is 9.96. The summed E-state index contributed by atoms with van der Waals surface area (Å²) in [5.41, 5.74) is 1.41. The molecule has 1 aliphatic heterocycles. The van der Waals surface area contributed by atoms with E-state index in [0.717, 1.165) is 31.5 Å². The third-order valence-electron chi connectivity index (χ3n) is 3.35. The number of hydrogen-bond donors (Lipinski definition) is 1. The van der Waals surface area contributed by atoms with Crippen molar-refractivity contribution in [1.29, 1.82) is 0 Å². The van der Waals surface area contributed by atoms with Crippen molar-refractivity contribution in [2.24, 2.45) is 5.92 Å². The summed E-state index contributed by atoms with van der Waals surface area (Å²) in [5.74, 6) is 0.210. The first-order valence-electron chi connectivity index (χ1n) is 5.80. The van der Waals surface area contributed by atoms with Crippen LogP contribution < -0.4 is 4.90 Å². The van der Waals surface area contributed by atoms with E-state index < -0.39 is 0 Å². The molecule has 2 rings (SSSR count). The highest BCUT2D eigenvalue weighted by Gasteiger charge is 2.25. The Balaban J connectivity index is 2.28. The number of halogens is 1. The lowest BCUT2D eigenvalue weighted by Crippen LogP contribution is -2.42. The minimum Gasteiger partial charge on any atom is -0.393 e. The van der Waals surface area contributed by atoms with Gasteiger partial charge in [-0.15, -0.1) is 0 Å². The molecule has 1 aromatic carbocycles. The normalized spacial score (nSPS) is 24.8. The van der Waals surface area contributed by atoms with Gasteiger partial charge in [0.25, 0.3) is 0 Å². The third-order valence-corrected chi connectivity index (χ3v) is 3.68. The summed E-state index contributed by atoms with van der Waals surface area (Å²) in [7, 11) is 0. The zero-order valence-electron chi connectivity index (χ0n) is 9.77. The summed E-state index contributed by atoms with van der Waals surface area (Å²) in [6.07, 6.45) is 1.28. The monoisotopic (exact) mass is 253 g/mol. The molecule has 0 radical (unpaired) electrons. The average Bonchev–Trinajstić information content (AvgIpc) is 2.32. The summed E-state index contributed by atoms with van der Waals surface area (Å²) in [5, 5.41) is 10.2. The molecule has 2 atom stereocenters. The van der Waals surface area contributed by atoms with Gasteiger partial charge in [0.1, 0.15) is 0 Å². The summed E-state index contributed by atoms with van der Waals surface area (Å²) in [6.45, 7) is 3.52. The number of piperidine rings is 1. The lowest BCUT2D eigenvalue weighted by molar-refractivity contribution is 0.0970. The van der Waals surface area contributed by atoms with E-state index in [1.165, 1.54) is 0 Å². The predicted molar refractivity (Wildman–Crippen MR) is 68.8 cm³/mol. The maximum atomic E-state index is 11.1. The number of aliphatic hydroxyl groups is 1. The van der Waals surface area contributed by atoms with Crippen LogP contribution in [0.25, 0.3) is 0 Å². The van der Waals surface area contributed by atoms with E-state index in [0.29, 0.717) is 10.6 Å². The second-order valence-electron chi connectivity index (χ2n) is 4.57. The predicted octanol–water partition coefficient (Wildman–Crippen LogP) is 2.36. The summed E-state index contributed by atoms with van der Waals surface area (Å²) >= 11 is 6.01. The molecule has 1 N–H and O–H groups in total. The Morgan fingerprint density at radius 3 is 2.94 bits per heavy atom. The number of carbonyl (C=O) groups is 1. The minimum absolute atomic E-state index is 0.210. The number of carbonyl (C=O) groups excluding carboxylic acids is 1. The fourth-order valence-electron chi connectivity index (χ4n) is 2.27. The summed E-state index contributed by atoms with van der Waals surface area (Å²) in [4.78, 5) is 13.2. The number of rotatable bonds is 2. The van der Waals surface area contributed by atoms with Crippen LogP contribution in [0.5, 0.6) is 0 Å². The Morgan fingerprint density at radius 1 is 1.53 bits per heavy atom. The fraction of sp³-hybridized carbons (Fsp3) is 0.462. The molecule has 17 heavy (non-hydrogen) atoms. The molecule has 1 aromatic rings. The van der Waals surface area contributed by atoms with Gasteiger partial charge in [-0.05, 0) is 24.5 Å². The molecule has 0 saturated carbocycles. The highest BCUT2D eigenvalue weighted by Crippen LogP contribution is 2.29. The quantitative estimate of drug-likeness (QED) is 0.823. The van der Waals surface area contributed by atoms with Crippen LogP contribution in [0.2, 0.25) is 5.02 Å². The standard InChI is InChI=1S/C13H16ClNO2/c1-9-7-15(6-5-13(9)17)12-4-2-3-11(14)10(12)8-16/h2-4,8-9,13,17H,5-7H2,1H3. The molecule has 2 unspecified atom stereocenters. The lowest BCUT2D eigenvalue weighted by Gasteiger charge is -2.36. The molecule has 1 aliphatic rings.